The van der Waals surface area contributed by atoms with E-state index in [0.717, 1.165) is 39.4 Å². The fraction of sp³-hybridized carbons (Fsp3) is 0.294. The standard InChI is InChI=1S/C17H17ClN4OS.ClH/c1-10-12-8-15(16(23)21-7-6-11(19)9-21)24-17(12)22(20-10)14-5-3-2-4-13(14)18;/h2-5,8,11H,6-7,9,19H2,1H3;1H/t11-;/m1./s1. The van der Waals surface area contributed by atoms with Crippen LogP contribution in [0.4, 0.5) is 0 Å². The van der Waals surface area contributed by atoms with Gasteiger partial charge in [0.05, 0.1) is 21.3 Å². The molecule has 1 aliphatic rings. The molecule has 4 rings (SSSR count). The number of carbonyl (C=O) groups is 1. The van der Waals surface area contributed by atoms with Gasteiger partial charge >= 0.3 is 0 Å². The molecule has 0 unspecified atom stereocenters. The number of fused-ring (bicyclic) bond motifs is 1. The molecule has 3 aromatic rings. The lowest BCUT2D eigenvalue weighted by molar-refractivity contribution is 0.0795. The Labute approximate surface area is 160 Å². The van der Waals surface area contributed by atoms with Crippen molar-refractivity contribution in [2.75, 3.05) is 13.1 Å². The minimum absolute atomic E-state index is 0. The largest absolute Gasteiger partial charge is 0.336 e. The van der Waals surface area contributed by atoms with Crippen molar-refractivity contribution in [1.82, 2.24) is 14.7 Å². The molecule has 8 heteroatoms. The summed E-state index contributed by atoms with van der Waals surface area (Å²) in [5.74, 6) is 0.0502. The fourth-order valence-electron chi connectivity index (χ4n) is 3.07. The van der Waals surface area contributed by atoms with Crippen molar-refractivity contribution in [3.63, 3.8) is 0 Å². The van der Waals surface area contributed by atoms with Gasteiger partial charge in [0.15, 0.2) is 0 Å². The summed E-state index contributed by atoms with van der Waals surface area (Å²) >= 11 is 7.77. The van der Waals surface area contributed by atoms with Crippen molar-refractivity contribution in [2.45, 2.75) is 19.4 Å². The smallest absolute Gasteiger partial charge is 0.264 e. The van der Waals surface area contributed by atoms with Gasteiger partial charge in [-0.3, -0.25) is 4.79 Å². The summed E-state index contributed by atoms with van der Waals surface area (Å²) in [6, 6.07) is 9.60. The van der Waals surface area contributed by atoms with Gasteiger partial charge < -0.3 is 10.6 Å². The van der Waals surface area contributed by atoms with Crippen LogP contribution in [0.1, 0.15) is 21.8 Å². The molecule has 1 saturated heterocycles. The normalized spacial score (nSPS) is 17.1. The van der Waals surface area contributed by atoms with Gasteiger partial charge in [-0.1, -0.05) is 23.7 Å². The second kappa shape index (κ2) is 6.96. The predicted molar refractivity (Wildman–Crippen MR) is 104 cm³/mol. The molecule has 25 heavy (non-hydrogen) atoms. The first-order valence-corrected chi connectivity index (χ1v) is 9.03. The average Bonchev–Trinajstić information content (AvgIpc) is 3.25. The average molecular weight is 397 g/mol. The molecular formula is C17H18Cl2N4OS. The molecule has 2 aromatic heterocycles. The third-order valence-electron chi connectivity index (χ3n) is 4.35. The number of rotatable bonds is 2. The van der Waals surface area contributed by atoms with Crippen LogP contribution >= 0.6 is 35.3 Å². The van der Waals surface area contributed by atoms with Crippen molar-refractivity contribution in [3.05, 3.63) is 45.9 Å². The third kappa shape index (κ3) is 3.15. The first-order valence-electron chi connectivity index (χ1n) is 7.83. The van der Waals surface area contributed by atoms with E-state index in [4.69, 9.17) is 17.3 Å². The number of amides is 1. The molecule has 1 atom stereocenters. The number of benzene rings is 1. The maximum atomic E-state index is 12.7. The lowest BCUT2D eigenvalue weighted by Gasteiger charge is -2.14. The van der Waals surface area contributed by atoms with Crippen LogP contribution in [-0.4, -0.2) is 39.7 Å². The van der Waals surface area contributed by atoms with Crippen LogP contribution in [0.5, 0.6) is 0 Å². The summed E-state index contributed by atoms with van der Waals surface area (Å²) in [6.07, 6.45) is 0.864. The number of para-hydroxylation sites is 1. The van der Waals surface area contributed by atoms with E-state index >= 15 is 0 Å². The van der Waals surface area contributed by atoms with Gasteiger partial charge in [-0.2, -0.15) is 5.10 Å². The molecule has 1 amide bonds. The van der Waals surface area contributed by atoms with Crippen molar-refractivity contribution in [3.8, 4) is 5.69 Å². The van der Waals surface area contributed by atoms with Gasteiger partial charge in [-0.25, -0.2) is 4.68 Å². The van der Waals surface area contributed by atoms with Gasteiger partial charge in [0.1, 0.15) is 4.83 Å². The Kier molecular flexibility index (Phi) is 5.06. The third-order valence-corrected chi connectivity index (χ3v) is 5.77. The maximum Gasteiger partial charge on any atom is 0.264 e. The number of carbonyl (C=O) groups excluding carboxylic acids is 1. The predicted octanol–water partition coefficient (Wildman–Crippen LogP) is 3.64. The molecule has 1 aliphatic heterocycles. The zero-order valence-corrected chi connectivity index (χ0v) is 16.0. The molecule has 5 nitrogen and oxygen atoms in total. The Morgan fingerprint density at radius 2 is 2.16 bits per heavy atom. The van der Waals surface area contributed by atoms with E-state index in [1.54, 1.807) is 0 Å². The highest BCUT2D eigenvalue weighted by Gasteiger charge is 2.27. The molecule has 0 aliphatic carbocycles. The monoisotopic (exact) mass is 396 g/mol. The summed E-state index contributed by atoms with van der Waals surface area (Å²) in [4.78, 5) is 16.2. The molecule has 132 valence electrons. The van der Waals surface area contributed by atoms with E-state index in [-0.39, 0.29) is 24.4 Å². The van der Waals surface area contributed by atoms with Crippen molar-refractivity contribution in [2.24, 2.45) is 5.73 Å². The number of hydrogen-bond donors (Lipinski definition) is 1. The molecule has 1 fully saturated rings. The highest BCUT2D eigenvalue weighted by Crippen LogP contribution is 2.33. The first kappa shape index (κ1) is 18.2. The molecule has 0 bridgehead atoms. The Morgan fingerprint density at radius 1 is 1.40 bits per heavy atom. The molecule has 2 N–H and O–H groups in total. The number of aromatic nitrogens is 2. The number of nitrogens with two attached hydrogens (primary N) is 1. The van der Waals surface area contributed by atoms with Crippen molar-refractivity contribution < 1.29 is 4.79 Å². The van der Waals surface area contributed by atoms with Crippen LogP contribution in [0.15, 0.2) is 30.3 Å². The minimum Gasteiger partial charge on any atom is -0.336 e. The molecule has 0 radical (unpaired) electrons. The number of aryl methyl sites for hydroxylation is 1. The van der Waals surface area contributed by atoms with E-state index in [2.05, 4.69) is 5.10 Å². The first-order chi connectivity index (χ1) is 11.5. The fourth-order valence-corrected chi connectivity index (χ4v) is 4.43. The van der Waals surface area contributed by atoms with Gasteiger partial charge in [0.25, 0.3) is 5.91 Å². The minimum atomic E-state index is 0. The lowest BCUT2D eigenvalue weighted by Crippen LogP contribution is -2.31. The Balaban J connectivity index is 0.00000182. The van der Waals surface area contributed by atoms with Crippen LogP contribution in [-0.2, 0) is 0 Å². The summed E-state index contributed by atoms with van der Waals surface area (Å²) in [5, 5.41) is 6.21. The maximum absolute atomic E-state index is 12.7. The van der Waals surface area contributed by atoms with Crippen LogP contribution < -0.4 is 5.73 Å². The SMILES string of the molecule is Cc1nn(-c2ccccc2Cl)c2sc(C(=O)N3CC[C@@H](N)C3)cc12.Cl. The summed E-state index contributed by atoms with van der Waals surface area (Å²) in [6.45, 7) is 3.30. The number of likely N-dealkylation sites (tertiary alicyclic amines) is 1. The van der Waals surface area contributed by atoms with Crippen LogP contribution in [0.3, 0.4) is 0 Å². The number of nitrogens with zero attached hydrogens (tertiary/aromatic N) is 3. The molecular weight excluding hydrogens is 379 g/mol. The van der Waals surface area contributed by atoms with Gasteiger partial charge in [-0.05, 0) is 31.5 Å². The molecule has 0 spiro atoms. The highest BCUT2D eigenvalue weighted by molar-refractivity contribution is 7.20. The molecule has 1 aromatic carbocycles. The van der Waals surface area contributed by atoms with Crippen molar-refractivity contribution >= 4 is 51.5 Å². The van der Waals surface area contributed by atoms with E-state index in [1.165, 1.54) is 11.3 Å². The zero-order chi connectivity index (χ0) is 16.8. The van der Waals surface area contributed by atoms with Crippen LogP contribution in [0, 0.1) is 6.92 Å². The molecule has 3 heterocycles. The number of halogens is 2. The quantitative estimate of drug-likeness (QED) is 0.718. The summed E-state index contributed by atoms with van der Waals surface area (Å²) in [7, 11) is 0. The van der Waals surface area contributed by atoms with Crippen LogP contribution in [0.2, 0.25) is 5.02 Å². The van der Waals surface area contributed by atoms with Crippen molar-refractivity contribution in [1.29, 1.82) is 0 Å². The summed E-state index contributed by atoms with van der Waals surface area (Å²) in [5.41, 5.74) is 7.63. The summed E-state index contributed by atoms with van der Waals surface area (Å²) < 4.78 is 1.82. The zero-order valence-electron chi connectivity index (χ0n) is 13.6. The second-order valence-electron chi connectivity index (χ2n) is 6.08. The number of hydrogen-bond acceptors (Lipinski definition) is 4. The van der Waals surface area contributed by atoms with E-state index in [0.29, 0.717) is 11.6 Å². The number of thiophene rings is 1. The van der Waals surface area contributed by atoms with Gasteiger partial charge in [0.2, 0.25) is 0 Å². The Morgan fingerprint density at radius 3 is 2.84 bits per heavy atom. The lowest BCUT2D eigenvalue weighted by atomic mass is 10.3. The Hall–Kier alpha value is -1.60. The topological polar surface area (TPSA) is 64.2 Å². The van der Waals surface area contributed by atoms with Crippen LogP contribution in [0.25, 0.3) is 15.9 Å². The highest BCUT2D eigenvalue weighted by atomic mass is 35.5. The van der Waals surface area contributed by atoms with Gasteiger partial charge in [-0.15, -0.1) is 23.7 Å². The van der Waals surface area contributed by atoms with Gasteiger partial charge in [0, 0.05) is 24.5 Å². The second-order valence-corrected chi connectivity index (χ2v) is 7.52. The van der Waals surface area contributed by atoms with E-state index in [1.807, 2.05) is 46.8 Å². The van der Waals surface area contributed by atoms with E-state index in [9.17, 15) is 4.79 Å². The molecule has 0 saturated carbocycles. The Bertz CT molecular complexity index is 936. The van der Waals surface area contributed by atoms with E-state index < -0.39 is 0 Å².